The quantitative estimate of drug-likeness (QED) is 0.656. The van der Waals surface area contributed by atoms with Gasteiger partial charge in [-0.2, -0.15) is 5.10 Å². The average molecular weight is 387 g/mol. The van der Waals surface area contributed by atoms with Gasteiger partial charge in [0.25, 0.3) is 5.56 Å². The molecule has 0 bridgehead atoms. The molecule has 0 unspecified atom stereocenters. The molecule has 0 aliphatic rings. The van der Waals surface area contributed by atoms with E-state index < -0.39 is 10.0 Å². The van der Waals surface area contributed by atoms with Crippen LogP contribution in [0.25, 0.3) is 5.82 Å². The molecule has 0 saturated heterocycles. The summed E-state index contributed by atoms with van der Waals surface area (Å²) in [5.74, 6) is 0.398. The van der Waals surface area contributed by atoms with Crippen molar-refractivity contribution in [1.82, 2.24) is 24.3 Å². The number of rotatable bonds is 7. The summed E-state index contributed by atoms with van der Waals surface area (Å²) in [6, 6.07) is 13.8. The van der Waals surface area contributed by atoms with E-state index in [-0.39, 0.29) is 24.4 Å². The second-order valence-electron chi connectivity index (χ2n) is 6.23. The average Bonchev–Trinajstić information content (AvgIpc) is 2.95. The van der Waals surface area contributed by atoms with E-state index in [4.69, 9.17) is 0 Å². The lowest BCUT2D eigenvalue weighted by molar-refractivity contribution is 0.541. The van der Waals surface area contributed by atoms with Gasteiger partial charge in [0.2, 0.25) is 10.0 Å². The van der Waals surface area contributed by atoms with Crippen molar-refractivity contribution < 1.29 is 8.42 Å². The van der Waals surface area contributed by atoms with E-state index in [0.29, 0.717) is 11.4 Å². The Morgan fingerprint density at radius 3 is 2.44 bits per heavy atom. The predicted octanol–water partition coefficient (Wildman–Crippen LogP) is 1.17. The Morgan fingerprint density at radius 2 is 1.78 bits per heavy atom. The highest BCUT2D eigenvalue weighted by atomic mass is 32.2. The van der Waals surface area contributed by atoms with Crippen molar-refractivity contribution >= 4 is 10.0 Å². The molecule has 0 atom stereocenters. The summed E-state index contributed by atoms with van der Waals surface area (Å²) in [4.78, 5) is 12.0. The predicted molar refractivity (Wildman–Crippen MR) is 102 cm³/mol. The third-order valence-electron chi connectivity index (χ3n) is 3.92. The topological polar surface area (TPSA) is 98.9 Å². The van der Waals surface area contributed by atoms with Crippen LogP contribution in [0.4, 0.5) is 0 Å². The number of aryl methyl sites for hydroxylation is 2. The van der Waals surface area contributed by atoms with Crippen LogP contribution < -0.4 is 10.3 Å². The Hall–Kier alpha value is -2.78. The highest BCUT2D eigenvalue weighted by Crippen LogP contribution is 2.08. The number of nitrogens with one attached hydrogen (secondary N) is 1. The van der Waals surface area contributed by atoms with E-state index in [1.54, 1.807) is 35.0 Å². The van der Waals surface area contributed by atoms with Crippen LogP contribution in [0.5, 0.6) is 0 Å². The minimum Gasteiger partial charge on any atom is -0.268 e. The first-order valence-corrected chi connectivity index (χ1v) is 10.1. The molecular weight excluding hydrogens is 366 g/mol. The maximum absolute atomic E-state index is 12.2. The molecule has 0 aliphatic carbocycles. The monoisotopic (exact) mass is 387 g/mol. The third kappa shape index (κ3) is 4.89. The Balaban J connectivity index is 1.68. The number of sulfonamides is 1. The van der Waals surface area contributed by atoms with Gasteiger partial charge in [0.15, 0.2) is 5.82 Å². The Kier molecular flexibility index (Phi) is 5.52. The van der Waals surface area contributed by atoms with Crippen molar-refractivity contribution in [3.05, 3.63) is 75.8 Å². The van der Waals surface area contributed by atoms with E-state index >= 15 is 0 Å². The zero-order valence-electron chi connectivity index (χ0n) is 15.2. The van der Waals surface area contributed by atoms with Gasteiger partial charge in [-0.1, -0.05) is 30.3 Å². The van der Waals surface area contributed by atoms with E-state index in [1.807, 2.05) is 26.0 Å². The molecule has 142 valence electrons. The van der Waals surface area contributed by atoms with Crippen molar-refractivity contribution in [2.24, 2.45) is 0 Å². The standard InChI is InChI=1S/C18H21N5O3S/c1-14-12-15(2)23(20-14)17-8-9-18(24)22(21-17)11-10-19-27(25,26)13-16-6-4-3-5-7-16/h3-9,12,19H,10-11,13H2,1-2H3. The van der Waals surface area contributed by atoms with Crippen LogP contribution in [0.3, 0.4) is 0 Å². The fourth-order valence-corrected chi connectivity index (χ4v) is 3.86. The molecule has 3 rings (SSSR count). The summed E-state index contributed by atoms with van der Waals surface area (Å²) in [6.45, 7) is 3.97. The molecule has 1 N–H and O–H groups in total. The summed E-state index contributed by atoms with van der Waals surface area (Å²) in [5.41, 5.74) is 2.14. The van der Waals surface area contributed by atoms with Gasteiger partial charge in [-0.3, -0.25) is 4.79 Å². The lowest BCUT2D eigenvalue weighted by Gasteiger charge is -2.10. The lowest BCUT2D eigenvalue weighted by atomic mass is 10.2. The van der Waals surface area contributed by atoms with Crippen LogP contribution in [0, 0.1) is 13.8 Å². The molecule has 3 aromatic rings. The largest absolute Gasteiger partial charge is 0.268 e. The van der Waals surface area contributed by atoms with Crippen molar-refractivity contribution in [1.29, 1.82) is 0 Å². The second-order valence-corrected chi connectivity index (χ2v) is 8.04. The van der Waals surface area contributed by atoms with Gasteiger partial charge < -0.3 is 0 Å². The molecule has 0 amide bonds. The Morgan fingerprint density at radius 1 is 1.04 bits per heavy atom. The SMILES string of the molecule is Cc1cc(C)n(-c2ccc(=O)n(CCNS(=O)(=O)Cc3ccccc3)n2)n1. The molecule has 8 nitrogen and oxygen atoms in total. The van der Waals surface area contributed by atoms with Gasteiger partial charge in [-0.15, -0.1) is 5.10 Å². The highest BCUT2D eigenvalue weighted by molar-refractivity contribution is 7.88. The summed E-state index contributed by atoms with van der Waals surface area (Å²) < 4.78 is 29.7. The zero-order valence-corrected chi connectivity index (χ0v) is 16.0. The summed E-state index contributed by atoms with van der Waals surface area (Å²) in [6.07, 6.45) is 0. The van der Waals surface area contributed by atoms with E-state index in [2.05, 4.69) is 14.9 Å². The van der Waals surface area contributed by atoms with Crippen LogP contribution in [0.1, 0.15) is 17.0 Å². The zero-order chi connectivity index (χ0) is 19.4. The molecule has 0 aliphatic heterocycles. The van der Waals surface area contributed by atoms with Crippen molar-refractivity contribution in [2.45, 2.75) is 26.1 Å². The Bertz CT molecular complexity index is 1090. The Labute approximate surface area is 157 Å². The lowest BCUT2D eigenvalue weighted by Crippen LogP contribution is -2.33. The van der Waals surface area contributed by atoms with Gasteiger partial charge in [0, 0.05) is 18.3 Å². The number of hydrogen-bond acceptors (Lipinski definition) is 5. The molecule has 0 saturated carbocycles. The van der Waals surface area contributed by atoms with Crippen LogP contribution in [0.15, 0.2) is 53.3 Å². The van der Waals surface area contributed by atoms with Crippen LogP contribution in [-0.2, 0) is 22.3 Å². The maximum atomic E-state index is 12.2. The number of aromatic nitrogens is 4. The smallest absolute Gasteiger partial charge is 0.266 e. The van der Waals surface area contributed by atoms with Gasteiger partial charge in [0.05, 0.1) is 18.0 Å². The summed E-state index contributed by atoms with van der Waals surface area (Å²) in [7, 11) is -3.49. The van der Waals surface area contributed by atoms with Crippen molar-refractivity contribution in [2.75, 3.05) is 6.54 Å². The summed E-state index contributed by atoms with van der Waals surface area (Å²) >= 11 is 0. The molecular formula is C18H21N5O3S. The summed E-state index contributed by atoms with van der Waals surface area (Å²) in [5, 5.41) is 8.63. The second kappa shape index (κ2) is 7.85. The van der Waals surface area contributed by atoms with Crippen LogP contribution in [0.2, 0.25) is 0 Å². The van der Waals surface area contributed by atoms with Crippen molar-refractivity contribution in [3.8, 4) is 5.82 Å². The van der Waals surface area contributed by atoms with Crippen molar-refractivity contribution in [3.63, 3.8) is 0 Å². The van der Waals surface area contributed by atoms with E-state index in [0.717, 1.165) is 11.4 Å². The normalized spacial score (nSPS) is 11.6. The first-order valence-electron chi connectivity index (χ1n) is 8.47. The molecule has 1 aromatic carbocycles. The molecule has 9 heteroatoms. The fourth-order valence-electron chi connectivity index (χ4n) is 2.72. The fraction of sp³-hybridized carbons (Fsp3) is 0.278. The number of hydrogen-bond donors (Lipinski definition) is 1. The van der Waals surface area contributed by atoms with Gasteiger partial charge >= 0.3 is 0 Å². The van der Waals surface area contributed by atoms with Gasteiger partial charge in [0.1, 0.15) is 0 Å². The molecule has 2 heterocycles. The molecule has 0 spiro atoms. The first kappa shape index (κ1) is 19.0. The minimum atomic E-state index is -3.49. The van der Waals surface area contributed by atoms with Gasteiger partial charge in [-0.05, 0) is 31.5 Å². The maximum Gasteiger partial charge on any atom is 0.266 e. The molecule has 27 heavy (non-hydrogen) atoms. The minimum absolute atomic E-state index is 0.0721. The number of nitrogens with zero attached hydrogens (tertiary/aromatic N) is 4. The van der Waals surface area contributed by atoms with Gasteiger partial charge in [-0.25, -0.2) is 22.5 Å². The highest BCUT2D eigenvalue weighted by Gasteiger charge is 2.12. The van der Waals surface area contributed by atoms with E-state index in [1.165, 1.54) is 10.7 Å². The molecule has 2 aromatic heterocycles. The van der Waals surface area contributed by atoms with Crippen LogP contribution in [-0.4, -0.2) is 34.5 Å². The first-order chi connectivity index (χ1) is 12.8. The van der Waals surface area contributed by atoms with E-state index in [9.17, 15) is 13.2 Å². The molecule has 0 fully saturated rings. The van der Waals surface area contributed by atoms with Crippen LogP contribution >= 0.6 is 0 Å². The number of benzene rings is 1. The molecule has 0 radical (unpaired) electrons. The third-order valence-corrected chi connectivity index (χ3v) is 5.28.